The van der Waals surface area contributed by atoms with Crippen molar-refractivity contribution in [1.82, 2.24) is 15.5 Å². The first-order chi connectivity index (χ1) is 11.6. The number of anilines is 1. The number of rotatable bonds is 4. The first-order valence-electron chi connectivity index (χ1n) is 6.99. The van der Waals surface area contributed by atoms with Gasteiger partial charge in [0.2, 0.25) is 11.8 Å². The molecule has 1 aromatic heterocycles. The van der Waals surface area contributed by atoms with Crippen molar-refractivity contribution in [1.29, 1.82) is 0 Å². The molecule has 0 fully saturated rings. The van der Waals surface area contributed by atoms with Gasteiger partial charge in [0.15, 0.2) is 0 Å². The van der Waals surface area contributed by atoms with E-state index in [1.807, 2.05) is 12.1 Å². The number of hydrogen-bond donors (Lipinski definition) is 2. The summed E-state index contributed by atoms with van der Waals surface area (Å²) in [5, 5.41) is 14.1. The zero-order chi connectivity index (χ0) is 16.9. The fraction of sp³-hybridized carbons (Fsp3) is 0.0625. The van der Waals surface area contributed by atoms with E-state index in [9.17, 15) is 4.79 Å². The van der Waals surface area contributed by atoms with Gasteiger partial charge in [-0.05, 0) is 30.3 Å². The Kier molecular flexibility index (Phi) is 4.98. The number of nitrogens with one attached hydrogen (secondary N) is 2. The molecule has 0 atom stereocenters. The summed E-state index contributed by atoms with van der Waals surface area (Å²) >= 11 is 11.9. The molecule has 2 aromatic carbocycles. The molecule has 0 unspecified atom stereocenters. The number of carbonyl (C=O) groups is 1. The number of benzene rings is 2. The Hall–Kier alpha value is -2.57. The summed E-state index contributed by atoms with van der Waals surface area (Å²) in [4.78, 5) is 11.9. The van der Waals surface area contributed by atoms with Crippen LogP contribution >= 0.6 is 23.2 Å². The number of aromatic nitrogens is 2. The van der Waals surface area contributed by atoms with Gasteiger partial charge in [0.25, 0.3) is 0 Å². The predicted octanol–water partition coefficient (Wildman–Crippen LogP) is 4.37. The smallest absolute Gasteiger partial charge is 0.319 e. The van der Waals surface area contributed by atoms with Crippen LogP contribution in [0.25, 0.3) is 11.5 Å². The zero-order valence-corrected chi connectivity index (χ0v) is 13.8. The minimum Gasteiger partial charge on any atom is -0.419 e. The Balaban J connectivity index is 1.59. The molecule has 0 aliphatic rings. The van der Waals surface area contributed by atoms with E-state index >= 15 is 0 Å². The third-order valence-electron chi connectivity index (χ3n) is 3.05. The minimum atomic E-state index is -0.408. The molecule has 0 radical (unpaired) electrons. The van der Waals surface area contributed by atoms with Crippen LogP contribution in [0.4, 0.5) is 10.5 Å². The SMILES string of the molecule is O=C(NCc1nnc(-c2ccccc2Cl)o1)Nc1cccc(Cl)c1. The zero-order valence-electron chi connectivity index (χ0n) is 12.3. The normalized spacial score (nSPS) is 10.4. The monoisotopic (exact) mass is 362 g/mol. The molecular formula is C16H12Cl2N4O2. The first-order valence-corrected chi connectivity index (χ1v) is 7.75. The Morgan fingerprint density at radius 3 is 2.71 bits per heavy atom. The van der Waals surface area contributed by atoms with E-state index in [0.29, 0.717) is 27.2 Å². The number of halogens is 2. The maximum atomic E-state index is 11.9. The van der Waals surface area contributed by atoms with Gasteiger partial charge in [-0.3, -0.25) is 0 Å². The van der Waals surface area contributed by atoms with Gasteiger partial charge in [-0.15, -0.1) is 10.2 Å². The Morgan fingerprint density at radius 2 is 1.92 bits per heavy atom. The lowest BCUT2D eigenvalue weighted by atomic mass is 10.2. The summed E-state index contributed by atoms with van der Waals surface area (Å²) in [6.45, 7) is 0.0872. The highest BCUT2D eigenvalue weighted by Crippen LogP contribution is 2.26. The van der Waals surface area contributed by atoms with E-state index in [1.54, 1.807) is 36.4 Å². The fourth-order valence-electron chi connectivity index (χ4n) is 1.97. The molecule has 0 saturated heterocycles. The van der Waals surface area contributed by atoms with Gasteiger partial charge >= 0.3 is 6.03 Å². The van der Waals surface area contributed by atoms with Crippen LogP contribution in [0, 0.1) is 0 Å². The molecule has 8 heteroatoms. The molecule has 1 heterocycles. The molecule has 0 aliphatic carbocycles. The van der Waals surface area contributed by atoms with Gasteiger partial charge in [-0.25, -0.2) is 4.79 Å². The van der Waals surface area contributed by atoms with Crippen LogP contribution < -0.4 is 10.6 Å². The molecule has 3 aromatic rings. The van der Waals surface area contributed by atoms with E-state index in [2.05, 4.69) is 20.8 Å². The minimum absolute atomic E-state index is 0.0872. The van der Waals surface area contributed by atoms with Gasteiger partial charge in [0, 0.05) is 10.7 Å². The molecule has 3 rings (SSSR count). The predicted molar refractivity (Wildman–Crippen MR) is 92.1 cm³/mol. The van der Waals surface area contributed by atoms with E-state index in [-0.39, 0.29) is 12.4 Å². The molecular weight excluding hydrogens is 351 g/mol. The highest BCUT2D eigenvalue weighted by atomic mass is 35.5. The van der Waals surface area contributed by atoms with Crippen molar-refractivity contribution in [3.05, 3.63) is 64.5 Å². The molecule has 2 amide bonds. The summed E-state index contributed by atoms with van der Waals surface area (Å²) in [7, 11) is 0. The molecule has 2 N–H and O–H groups in total. The lowest BCUT2D eigenvalue weighted by Crippen LogP contribution is -2.28. The van der Waals surface area contributed by atoms with E-state index in [1.165, 1.54) is 0 Å². The molecule has 24 heavy (non-hydrogen) atoms. The van der Waals surface area contributed by atoms with Crippen LogP contribution in [-0.2, 0) is 6.54 Å². The van der Waals surface area contributed by atoms with Crippen LogP contribution in [0.15, 0.2) is 52.9 Å². The Morgan fingerprint density at radius 1 is 1.08 bits per heavy atom. The van der Waals surface area contributed by atoms with Gasteiger partial charge in [-0.2, -0.15) is 0 Å². The largest absolute Gasteiger partial charge is 0.419 e. The van der Waals surface area contributed by atoms with E-state index in [4.69, 9.17) is 27.6 Å². The van der Waals surface area contributed by atoms with Crippen LogP contribution in [0.2, 0.25) is 10.0 Å². The van der Waals surface area contributed by atoms with Crippen molar-refractivity contribution >= 4 is 34.9 Å². The van der Waals surface area contributed by atoms with Gasteiger partial charge < -0.3 is 15.1 Å². The summed E-state index contributed by atoms with van der Waals surface area (Å²) in [5.41, 5.74) is 1.23. The summed E-state index contributed by atoms with van der Waals surface area (Å²) < 4.78 is 5.50. The fourth-order valence-corrected chi connectivity index (χ4v) is 2.37. The van der Waals surface area contributed by atoms with Crippen molar-refractivity contribution < 1.29 is 9.21 Å². The number of carbonyl (C=O) groups excluding carboxylic acids is 1. The molecule has 0 spiro atoms. The lowest BCUT2D eigenvalue weighted by molar-refractivity contribution is 0.250. The van der Waals surface area contributed by atoms with Crippen LogP contribution in [0.3, 0.4) is 0 Å². The second-order valence-electron chi connectivity index (χ2n) is 4.80. The van der Waals surface area contributed by atoms with Gasteiger partial charge in [-0.1, -0.05) is 41.4 Å². The number of urea groups is 1. The van der Waals surface area contributed by atoms with Crippen molar-refractivity contribution in [3.8, 4) is 11.5 Å². The quantitative estimate of drug-likeness (QED) is 0.722. The summed E-state index contributed by atoms with van der Waals surface area (Å²) in [6, 6.07) is 13.6. The van der Waals surface area contributed by atoms with Crippen LogP contribution in [0.5, 0.6) is 0 Å². The van der Waals surface area contributed by atoms with Crippen molar-refractivity contribution in [2.45, 2.75) is 6.54 Å². The average molecular weight is 363 g/mol. The molecule has 0 saturated carbocycles. The van der Waals surface area contributed by atoms with Crippen molar-refractivity contribution in [2.24, 2.45) is 0 Å². The summed E-state index contributed by atoms with van der Waals surface area (Å²) in [5.74, 6) is 0.568. The Bertz CT molecular complexity index is 867. The van der Waals surface area contributed by atoms with Gasteiger partial charge in [0.05, 0.1) is 17.1 Å². The average Bonchev–Trinajstić information content (AvgIpc) is 3.02. The van der Waals surface area contributed by atoms with Crippen LogP contribution in [0.1, 0.15) is 5.89 Å². The van der Waals surface area contributed by atoms with E-state index in [0.717, 1.165) is 0 Å². The maximum Gasteiger partial charge on any atom is 0.319 e. The highest BCUT2D eigenvalue weighted by molar-refractivity contribution is 6.33. The molecule has 0 bridgehead atoms. The topological polar surface area (TPSA) is 80.1 Å². The Labute approximate surface area is 147 Å². The molecule has 6 nitrogen and oxygen atoms in total. The molecule has 0 aliphatic heterocycles. The number of amides is 2. The molecule has 122 valence electrons. The standard InChI is InChI=1S/C16H12Cl2N4O2/c17-10-4-3-5-11(8-10)20-16(23)19-9-14-21-22-15(24-14)12-6-1-2-7-13(12)18/h1-8H,9H2,(H2,19,20,23). The second-order valence-corrected chi connectivity index (χ2v) is 5.64. The summed E-state index contributed by atoms with van der Waals surface area (Å²) in [6.07, 6.45) is 0. The van der Waals surface area contributed by atoms with Crippen LogP contribution in [-0.4, -0.2) is 16.2 Å². The number of hydrogen-bond acceptors (Lipinski definition) is 4. The third kappa shape index (κ3) is 4.04. The van der Waals surface area contributed by atoms with Crippen molar-refractivity contribution in [2.75, 3.05) is 5.32 Å². The second kappa shape index (κ2) is 7.33. The third-order valence-corrected chi connectivity index (χ3v) is 3.62. The lowest BCUT2D eigenvalue weighted by Gasteiger charge is -2.06. The van der Waals surface area contributed by atoms with Gasteiger partial charge in [0.1, 0.15) is 0 Å². The number of nitrogens with zero attached hydrogens (tertiary/aromatic N) is 2. The first kappa shape index (κ1) is 16.3. The van der Waals surface area contributed by atoms with Crippen molar-refractivity contribution in [3.63, 3.8) is 0 Å². The highest BCUT2D eigenvalue weighted by Gasteiger charge is 2.12. The van der Waals surface area contributed by atoms with E-state index < -0.39 is 6.03 Å². The maximum absolute atomic E-state index is 11.9.